The highest BCUT2D eigenvalue weighted by atomic mass is 19.1. The molecule has 8 nitrogen and oxygen atoms in total. The summed E-state index contributed by atoms with van der Waals surface area (Å²) in [5.41, 5.74) is 8.61. The summed E-state index contributed by atoms with van der Waals surface area (Å²) in [7, 11) is 0. The van der Waals surface area contributed by atoms with E-state index in [9.17, 15) is 18.8 Å². The van der Waals surface area contributed by atoms with Gasteiger partial charge in [-0.1, -0.05) is 51.1 Å². The van der Waals surface area contributed by atoms with E-state index < -0.39 is 18.0 Å². The van der Waals surface area contributed by atoms with Crippen molar-refractivity contribution in [1.29, 1.82) is 0 Å². The molecule has 3 atom stereocenters. The SMILES string of the molecule is CCCN(CCC)C(=O)c1cc(C(=O)N[C@@H](Cc2ccccc2)[C@@H](N)C[C@@H](C)C(=O)Nc2ccc(F)cc2)ccn1. The molecule has 1 aromatic heterocycles. The number of carbonyl (C=O) groups is 3. The van der Waals surface area contributed by atoms with Crippen LogP contribution in [0.3, 0.4) is 0 Å². The molecule has 2 aromatic carbocycles. The Bertz CT molecular complexity index is 1280. The minimum Gasteiger partial charge on any atom is -0.347 e. The standard InChI is InChI=1S/C32H40FN5O3/c1-4-17-38(18-5-2)32(41)29-21-24(15-16-35-29)31(40)37-28(20-23-9-7-6-8-10-23)27(34)19-22(3)30(39)36-26-13-11-25(33)12-14-26/h6-16,21-22,27-28H,4-5,17-20,34H2,1-3H3,(H,36,39)(H,37,40)/t22-,27+,28+/m1/s1. The minimum atomic E-state index is -0.555. The van der Waals surface area contributed by atoms with E-state index in [1.165, 1.54) is 36.5 Å². The van der Waals surface area contributed by atoms with Gasteiger partial charge in [-0.05, 0) is 67.6 Å². The lowest BCUT2D eigenvalue weighted by Gasteiger charge is -2.27. The second kappa shape index (κ2) is 15.6. The number of aromatic nitrogens is 1. The number of nitrogens with zero attached hydrogens (tertiary/aromatic N) is 2. The largest absolute Gasteiger partial charge is 0.347 e. The molecule has 0 spiro atoms. The molecule has 4 N–H and O–H groups in total. The van der Waals surface area contributed by atoms with E-state index >= 15 is 0 Å². The molecule has 218 valence electrons. The van der Waals surface area contributed by atoms with Crippen LogP contribution >= 0.6 is 0 Å². The first-order valence-corrected chi connectivity index (χ1v) is 14.1. The maximum Gasteiger partial charge on any atom is 0.272 e. The highest BCUT2D eigenvalue weighted by molar-refractivity contribution is 5.98. The summed E-state index contributed by atoms with van der Waals surface area (Å²) >= 11 is 0. The third kappa shape index (κ3) is 9.49. The fourth-order valence-electron chi connectivity index (χ4n) is 4.61. The number of hydrogen-bond acceptors (Lipinski definition) is 5. The number of rotatable bonds is 14. The first kappa shape index (κ1) is 31.4. The van der Waals surface area contributed by atoms with Crippen molar-refractivity contribution in [3.8, 4) is 0 Å². The molecule has 0 saturated carbocycles. The monoisotopic (exact) mass is 561 g/mol. The van der Waals surface area contributed by atoms with Crippen LogP contribution in [0.15, 0.2) is 72.9 Å². The number of nitrogens with one attached hydrogen (secondary N) is 2. The van der Waals surface area contributed by atoms with Crippen LogP contribution < -0.4 is 16.4 Å². The maximum atomic E-state index is 13.4. The molecule has 3 amide bonds. The van der Waals surface area contributed by atoms with Gasteiger partial charge in [0.15, 0.2) is 0 Å². The molecule has 0 radical (unpaired) electrons. The second-order valence-electron chi connectivity index (χ2n) is 10.3. The number of halogens is 1. The molecule has 0 aliphatic carbocycles. The van der Waals surface area contributed by atoms with Gasteiger partial charge in [-0.3, -0.25) is 19.4 Å². The van der Waals surface area contributed by atoms with Gasteiger partial charge in [0, 0.05) is 48.5 Å². The van der Waals surface area contributed by atoms with Crippen molar-refractivity contribution < 1.29 is 18.8 Å². The molecule has 9 heteroatoms. The van der Waals surface area contributed by atoms with Gasteiger partial charge in [0.1, 0.15) is 11.5 Å². The Morgan fingerprint density at radius 1 is 0.976 bits per heavy atom. The van der Waals surface area contributed by atoms with E-state index in [0.717, 1.165) is 18.4 Å². The van der Waals surface area contributed by atoms with Gasteiger partial charge in [0.2, 0.25) is 5.91 Å². The molecule has 3 aromatic rings. The first-order chi connectivity index (χ1) is 19.7. The zero-order valence-corrected chi connectivity index (χ0v) is 24.0. The van der Waals surface area contributed by atoms with Gasteiger partial charge in [0.05, 0.1) is 0 Å². The third-order valence-corrected chi connectivity index (χ3v) is 6.83. The minimum absolute atomic E-state index is 0.207. The summed E-state index contributed by atoms with van der Waals surface area (Å²) in [5.74, 6) is -1.69. The fraction of sp³-hybridized carbons (Fsp3) is 0.375. The van der Waals surface area contributed by atoms with E-state index in [1.54, 1.807) is 17.9 Å². The number of anilines is 1. The quantitative estimate of drug-likeness (QED) is 0.261. The summed E-state index contributed by atoms with van der Waals surface area (Å²) in [6.45, 7) is 7.02. The van der Waals surface area contributed by atoms with E-state index in [0.29, 0.717) is 37.2 Å². The average Bonchev–Trinajstić information content (AvgIpc) is 2.98. The zero-order chi connectivity index (χ0) is 29.8. The van der Waals surface area contributed by atoms with Crippen molar-refractivity contribution in [2.24, 2.45) is 11.7 Å². The van der Waals surface area contributed by atoms with Gasteiger partial charge < -0.3 is 21.3 Å². The summed E-state index contributed by atoms with van der Waals surface area (Å²) in [4.78, 5) is 45.3. The molecular weight excluding hydrogens is 521 g/mol. The lowest BCUT2D eigenvalue weighted by atomic mass is 9.92. The topological polar surface area (TPSA) is 117 Å². The lowest BCUT2D eigenvalue weighted by Crippen LogP contribution is -2.50. The van der Waals surface area contributed by atoms with Crippen LogP contribution in [0.4, 0.5) is 10.1 Å². The Morgan fingerprint density at radius 2 is 1.63 bits per heavy atom. The number of benzene rings is 2. The van der Waals surface area contributed by atoms with Gasteiger partial charge in [0.25, 0.3) is 11.8 Å². The molecule has 41 heavy (non-hydrogen) atoms. The number of amides is 3. The van der Waals surface area contributed by atoms with Gasteiger partial charge >= 0.3 is 0 Å². The molecule has 0 fully saturated rings. The molecule has 0 unspecified atom stereocenters. The van der Waals surface area contributed by atoms with Gasteiger partial charge in [-0.25, -0.2) is 4.39 Å². The van der Waals surface area contributed by atoms with Gasteiger partial charge in [-0.2, -0.15) is 0 Å². The van der Waals surface area contributed by atoms with E-state index in [-0.39, 0.29) is 29.2 Å². The Kier molecular flexibility index (Phi) is 12.0. The molecule has 3 rings (SSSR count). The normalized spacial score (nSPS) is 13.1. The van der Waals surface area contributed by atoms with Crippen LogP contribution in [0.1, 0.15) is 66.4 Å². The number of pyridine rings is 1. The number of nitrogens with two attached hydrogens (primary N) is 1. The predicted molar refractivity (Wildman–Crippen MR) is 159 cm³/mol. The Balaban J connectivity index is 1.74. The van der Waals surface area contributed by atoms with Crippen LogP contribution in [0, 0.1) is 11.7 Å². The summed E-state index contributed by atoms with van der Waals surface area (Å²) < 4.78 is 13.2. The Labute approximate surface area is 241 Å². The lowest BCUT2D eigenvalue weighted by molar-refractivity contribution is -0.119. The predicted octanol–water partition coefficient (Wildman–Crippen LogP) is 4.82. The van der Waals surface area contributed by atoms with Crippen molar-refractivity contribution in [3.05, 3.63) is 95.6 Å². The van der Waals surface area contributed by atoms with E-state index in [1.807, 2.05) is 44.2 Å². The highest BCUT2D eigenvalue weighted by Gasteiger charge is 2.26. The Hall–Kier alpha value is -4.11. The summed E-state index contributed by atoms with van der Waals surface area (Å²) in [6, 6.07) is 17.2. The van der Waals surface area contributed by atoms with Gasteiger partial charge in [-0.15, -0.1) is 0 Å². The smallest absolute Gasteiger partial charge is 0.272 e. The Morgan fingerprint density at radius 3 is 2.27 bits per heavy atom. The molecule has 0 bridgehead atoms. The summed E-state index contributed by atoms with van der Waals surface area (Å²) in [5, 5.41) is 5.82. The van der Waals surface area contributed by atoms with Crippen molar-refractivity contribution >= 4 is 23.4 Å². The maximum absolute atomic E-state index is 13.4. The molecule has 0 aliphatic rings. The molecular formula is C32H40FN5O3. The number of hydrogen-bond donors (Lipinski definition) is 3. The van der Waals surface area contributed by atoms with Crippen molar-refractivity contribution in [2.45, 2.75) is 58.5 Å². The van der Waals surface area contributed by atoms with Crippen molar-refractivity contribution in [3.63, 3.8) is 0 Å². The van der Waals surface area contributed by atoms with E-state index in [2.05, 4.69) is 15.6 Å². The van der Waals surface area contributed by atoms with Crippen LogP contribution in [0.2, 0.25) is 0 Å². The van der Waals surface area contributed by atoms with Crippen LogP contribution in [-0.2, 0) is 11.2 Å². The van der Waals surface area contributed by atoms with Crippen molar-refractivity contribution in [2.75, 3.05) is 18.4 Å². The van der Waals surface area contributed by atoms with Crippen molar-refractivity contribution in [1.82, 2.24) is 15.2 Å². The van der Waals surface area contributed by atoms with Crippen LogP contribution in [0.25, 0.3) is 0 Å². The molecule has 0 aliphatic heterocycles. The van der Waals surface area contributed by atoms with E-state index in [4.69, 9.17) is 5.73 Å². The summed E-state index contributed by atoms with van der Waals surface area (Å²) in [6.07, 6.45) is 3.87. The second-order valence-corrected chi connectivity index (χ2v) is 10.3. The third-order valence-electron chi connectivity index (χ3n) is 6.83. The average molecular weight is 562 g/mol. The first-order valence-electron chi connectivity index (χ1n) is 14.1. The zero-order valence-electron chi connectivity index (χ0n) is 24.0. The molecule has 0 saturated heterocycles. The van der Waals surface area contributed by atoms with Crippen LogP contribution in [-0.4, -0.2) is 52.8 Å². The van der Waals surface area contributed by atoms with Crippen LogP contribution in [0.5, 0.6) is 0 Å². The fourth-order valence-corrected chi connectivity index (χ4v) is 4.61. The number of carbonyl (C=O) groups excluding carboxylic acids is 3. The molecule has 1 heterocycles. The highest BCUT2D eigenvalue weighted by Crippen LogP contribution is 2.16.